The van der Waals surface area contributed by atoms with E-state index in [2.05, 4.69) is 22.9 Å². The van der Waals surface area contributed by atoms with Crippen LogP contribution in [0.4, 0.5) is 4.39 Å². The van der Waals surface area contributed by atoms with Crippen LogP contribution in [-0.4, -0.2) is 12.4 Å². The van der Waals surface area contributed by atoms with Gasteiger partial charge in [-0.1, -0.05) is 28.9 Å². The highest BCUT2D eigenvalue weighted by Gasteiger charge is 2.05. The molecule has 1 nitrogen and oxygen atoms in total. The van der Waals surface area contributed by atoms with E-state index in [4.69, 9.17) is 4.74 Å². The Kier molecular flexibility index (Phi) is 5.09. The van der Waals surface area contributed by atoms with Crippen molar-refractivity contribution in [3.05, 3.63) is 29.6 Å². The van der Waals surface area contributed by atoms with E-state index in [1.54, 1.807) is 12.1 Å². The minimum Gasteiger partial charge on any atom is -0.494 e. The molecule has 0 saturated carbocycles. The van der Waals surface area contributed by atoms with Crippen LogP contribution >= 0.6 is 15.9 Å². The van der Waals surface area contributed by atoms with Crippen molar-refractivity contribution in [2.45, 2.75) is 19.8 Å². The Morgan fingerprint density at radius 3 is 2.73 bits per heavy atom. The maximum Gasteiger partial charge on any atom is 0.165 e. The van der Waals surface area contributed by atoms with Gasteiger partial charge < -0.3 is 4.74 Å². The normalized spacial score (nSPS) is 12.5. The van der Waals surface area contributed by atoms with Gasteiger partial charge in [0.2, 0.25) is 0 Å². The van der Waals surface area contributed by atoms with Crippen molar-refractivity contribution >= 4 is 15.9 Å². The molecule has 0 aliphatic heterocycles. The maximum atomic E-state index is 13.3. The van der Waals surface area contributed by atoms with E-state index in [1.807, 2.05) is 6.07 Å². The Bertz CT molecular complexity index is 314. The molecule has 0 spiro atoms. The lowest BCUT2D eigenvalue weighted by Crippen LogP contribution is -1.99. The lowest BCUT2D eigenvalue weighted by Gasteiger charge is -2.08. The number of hydrogen-bond donors (Lipinski definition) is 0. The number of aryl methyl sites for hydroxylation is 1. The smallest absolute Gasteiger partial charge is 0.165 e. The number of rotatable bonds is 5. The predicted molar refractivity (Wildman–Crippen MR) is 64.2 cm³/mol. The Labute approximate surface area is 98.8 Å². The quantitative estimate of drug-likeness (QED) is 0.743. The van der Waals surface area contributed by atoms with Crippen LogP contribution in [0.1, 0.15) is 18.9 Å². The van der Waals surface area contributed by atoms with Gasteiger partial charge in [-0.05, 0) is 36.5 Å². The minimum absolute atomic E-state index is 0.276. The molecule has 1 unspecified atom stereocenters. The largest absolute Gasteiger partial charge is 0.494 e. The molecule has 1 rings (SSSR count). The van der Waals surface area contributed by atoms with Crippen molar-refractivity contribution in [1.82, 2.24) is 0 Å². The van der Waals surface area contributed by atoms with Gasteiger partial charge in [-0.2, -0.15) is 0 Å². The Morgan fingerprint density at radius 1 is 1.47 bits per heavy atom. The molecular formula is C12H16BrFO. The second-order valence-electron chi connectivity index (χ2n) is 3.77. The molecule has 0 saturated heterocycles. The van der Waals surface area contributed by atoms with Crippen molar-refractivity contribution < 1.29 is 9.13 Å². The average molecular weight is 275 g/mol. The first-order valence-electron chi connectivity index (χ1n) is 5.05. The number of benzene rings is 1. The van der Waals surface area contributed by atoms with Gasteiger partial charge in [0.05, 0.1) is 7.11 Å². The first-order chi connectivity index (χ1) is 7.17. The number of alkyl halides is 1. The van der Waals surface area contributed by atoms with E-state index in [0.717, 1.165) is 23.7 Å². The fourth-order valence-electron chi connectivity index (χ4n) is 1.36. The summed E-state index contributed by atoms with van der Waals surface area (Å²) in [5.74, 6) is 0.656. The summed E-state index contributed by atoms with van der Waals surface area (Å²) in [6.45, 7) is 2.18. The highest BCUT2D eigenvalue weighted by molar-refractivity contribution is 9.09. The van der Waals surface area contributed by atoms with Crippen LogP contribution in [0.15, 0.2) is 18.2 Å². The van der Waals surface area contributed by atoms with E-state index >= 15 is 0 Å². The molecule has 0 aliphatic rings. The van der Waals surface area contributed by atoms with Crippen LogP contribution in [0.3, 0.4) is 0 Å². The Hall–Kier alpha value is -0.570. The van der Waals surface area contributed by atoms with E-state index in [9.17, 15) is 4.39 Å². The average Bonchev–Trinajstić information content (AvgIpc) is 2.26. The van der Waals surface area contributed by atoms with Crippen LogP contribution in [-0.2, 0) is 6.42 Å². The lowest BCUT2D eigenvalue weighted by atomic mass is 10.0. The number of halogens is 2. The topological polar surface area (TPSA) is 9.23 Å². The summed E-state index contributed by atoms with van der Waals surface area (Å²) in [5.41, 5.74) is 1.03. The second kappa shape index (κ2) is 6.11. The molecule has 0 fully saturated rings. The summed E-state index contributed by atoms with van der Waals surface area (Å²) in [7, 11) is 1.48. The summed E-state index contributed by atoms with van der Waals surface area (Å²) >= 11 is 3.43. The van der Waals surface area contributed by atoms with E-state index in [-0.39, 0.29) is 5.82 Å². The van der Waals surface area contributed by atoms with Crippen molar-refractivity contribution in [2.24, 2.45) is 5.92 Å². The van der Waals surface area contributed by atoms with Crippen LogP contribution in [0.25, 0.3) is 0 Å². The van der Waals surface area contributed by atoms with Crippen molar-refractivity contribution in [1.29, 1.82) is 0 Å². The second-order valence-corrected chi connectivity index (χ2v) is 4.41. The molecule has 0 radical (unpaired) electrons. The third kappa shape index (κ3) is 3.82. The molecule has 0 bridgehead atoms. The third-order valence-corrected chi connectivity index (χ3v) is 3.51. The van der Waals surface area contributed by atoms with Gasteiger partial charge in [0.1, 0.15) is 0 Å². The third-order valence-electron chi connectivity index (χ3n) is 2.41. The lowest BCUT2D eigenvalue weighted by molar-refractivity contribution is 0.386. The van der Waals surface area contributed by atoms with Gasteiger partial charge in [-0.15, -0.1) is 0 Å². The Morgan fingerprint density at radius 2 is 2.20 bits per heavy atom. The van der Waals surface area contributed by atoms with Crippen molar-refractivity contribution in [2.75, 3.05) is 12.4 Å². The molecule has 1 atom stereocenters. The molecule has 0 N–H and O–H groups in total. The van der Waals surface area contributed by atoms with Gasteiger partial charge >= 0.3 is 0 Å². The van der Waals surface area contributed by atoms with Crippen LogP contribution in [0.2, 0.25) is 0 Å². The monoisotopic (exact) mass is 274 g/mol. The zero-order valence-electron chi connectivity index (χ0n) is 9.09. The Balaban J connectivity index is 2.59. The zero-order chi connectivity index (χ0) is 11.3. The predicted octanol–water partition coefficient (Wildman–Crippen LogP) is 3.80. The summed E-state index contributed by atoms with van der Waals surface area (Å²) in [6, 6.07) is 5.16. The van der Waals surface area contributed by atoms with Crippen LogP contribution in [0, 0.1) is 11.7 Å². The zero-order valence-corrected chi connectivity index (χ0v) is 10.7. The molecule has 1 aromatic rings. The summed E-state index contributed by atoms with van der Waals surface area (Å²) in [4.78, 5) is 0. The van der Waals surface area contributed by atoms with Crippen molar-refractivity contribution in [3.8, 4) is 5.75 Å². The molecular weight excluding hydrogens is 259 g/mol. The van der Waals surface area contributed by atoms with Gasteiger partial charge in [-0.3, -0.25) is 0 Å². The molecule has 0 aromatic heterocycles. The van der Waals surface area contributed by atoms with Crippen LogP contribution in [0.5, 0.6) is 5.75 Å². The fourth-order valence-corrected chi connectivity index (χ4v) is 1.68. The standard InChI is InChI=1S/C12H16BrFO/c1-9(8-13)3-4-10-5-6-12(15-2)11(14)7-10/h5-7,9H,3-4,8H2,1-2H3. The minimum atomic E-state index is -0.276. The summed E-state index contributed by atoms with van der Waals surface area (Å²) < 4.78 is 18.2. The van der Waals surface area contributed by atoms with E-state index in [0.29, 0.717) is 11.7 Å². The van der Waals surface area contributed by atoms with E-state index in [1.165, 1.54) is 7.11 Å². The molecule has 0 aliphatic carbocycles. The molecule has 0 amide bonds. The highest BCUT2D eigenvalue weighted by Crippen LogP contribution is 2.19. The van der Waals surface area contributed by atoms with Gasteiger partial charge in [-0.25, -0.2) is 4.39 Å². The van der Waals surface area contributed by atoms with Crippen LogP contribution < -0.4 is 4.74 Å². The molecule has 0 heterocycles. The SMILES string of the molecule is COc1ccc(CCC(C)CBr)cc1F. The number of ether oxygens (including phenoxy) is 1. The first-order valence-corrected chi connectivity index (χ1v) is 6.18. The number of methoxy groups -OCH3 is 1. The summed E-state index contributed by atoms with van der Waals surface area (Å²) in [5, 5.41) is 0.992. The van der Waals surface area contributed by atoms with Gasteiger partial charge in [0.15, 0.2) is 11.6 Å². The number of hydrogen-bond acceptors (Lipinski definition) is 1. The maximum absolute atomic E-state index is 13.3. The highest BCUT2D eigenvalue weighted by atomic mass is 79.9. The van der Waals surface area contributed by atoms with Gasteiger partial charge in [0.25, 0.3) is 0 Å². The molecule has 15 heavy (non-hydrogen) atoms. The molecule has 84 valence electrons. The van der Waals surface area contributed by atoms with Gasteiger partial charge in [0, 0.05) is 5.33 Å². The first kappa shape index (κ1) is 12.5. The van der Waals surface area contributed by atoms with Crippen molar-refractivity contribution in [3.63, 3.8) is 0 Å². The molecule has 1 aromatic carbocycles. The van der Waals surface area contributed by atoms with E-state index < -0.39 is 0 Å². The summed E-state index contributed by atoms with van der Waals surface area (Å²) in [6.07, 6.45) is 1.98. The molecule has 3 heteroatoms. The fraction of sp³-hybridized carbons (Fsp3) is 0.500.